The van der Waals surface area contributed by atoms with Gasteiger partial charge in [0, 0.05) is 47.4 Å². The molecule has 1 aliphatic rings. The number of carbonyl (C=O) groups excluding carboxylic acids is 1. The van der Waals surface area contributed by atoms with Gasteiger partial charge in [-0.05, 0) is 31.6 Å². The van der Waals surface area contributed by atoms with Gasteiger partial charge in [-0.2, -0.15) is 5.10 Å². The van der Waals surface area contributed by atoms with E-state index < -0.39 is 0 Å². The zero-order valence-electron chi connectivity index (χ0n) is 18.2. The van der Waals surface area contributed by atoms with Gasteiger partial charge in [-0.25, -0.2) is 4.98 Å². The number of rotatable bonds is 7. The lowest BCUT2D eigenvalue weighted by atomic mass is 10.1. The Balaban J connectivity index is 1.37. The number of thiazole rings is 1. The Morgan fingerprint density at radius 2 is 2.03 bits per heavy atom. The van der Waals surface area contributed by atoms with Gasteiger partial charge in [0.15, 0.2) is 5.13 Å². The average Bonchev–Trinajstić information content (AvgIpc) is 3.32. The van der Waals surface area contributed by atoms with Gasteiger partial charge in [-0.3, -0.25) is 19.7 Å². The Kier molecular flexibility index (Phi) is 7.36. The number of aryl methyl sites for hydroxylation is 1. The molecule has 32 heavy (non-hydrogen) atoms. The number of nitrogens with one attached hydrogen (secondary N) is 1. The Labute approximate surface area is 196 Å². The van der Waals surface area contributed by atoms with Crippen LogP contribution < -0.4 is 5.32 Å². The molecule has 1 amide bonds. The van der Waals surface area contributed by atoms with Crippen molar-refractivity contribution in [2.45, 2.75) is 26.9 Å². The molecule has 168 valence electrons. The van der Waals surface area contributed by atoms with Gasteiger partial charge in [0.2, 0.25) is 5.91 Å². The van der Waals surface area contributed by atoms with E-state index in [9.17, 15) is 4.79 Å². The van der Waals surface area contributed by atoms with Gasteiger partial charge in [-0.15, -0.1) is 11.3 Å². The van der Waals surface area contributed by atoms with Crippen molar-refractivity contribution in [3.05, 3.63) is 69.0 Å². The fourth-order valence-electron chi connectivity index (χ4n) is 3.63. The van der Waals surface area contributed by atoms with Crippen LogP contribution in [-0.4, -0.2) is 51.9 Å². The molecule has 4 rings (SSSR count). The zero-order chi connectivity index (χ0) is 22.5. The summed E-state index contributed by atoms with van der Waals surface area (Å²) >= 11 is 7.73. The van der Waals surface area contributed by atoms with Gasteiger partial charge in [0.1, 0.15) is 0 Å². The number of amides is 1. The van der Waals surface area contributed by atoms with E-state index in [0.29, 0.717) is 16.7 Å². The quantitative estimate of drug-likeness (QED) is 0.524. The Morgan fingerprint density at radius 1 is 1.25 bits per heavy atom. The second-order valence-corrected chi connectivity index (χ2v) is 8.95. The predicted octanol–water partition coefficient (Wildman–Crippen LogP) is 4.14. The minimum absolute atomic E-state index is 0.213. The van der Waals surface area contributed by atoms with Crippen molar-refractivity contribution >= 4 is 40.1 Å². The second-order valence-electron chi connectivity index (χ2n) is 7.69. The highest BCUT2D eigenvalue weighted by Crippen LogP contribution is 2.21. The number of benzene rings is 1. The Morgan fingerprint density at radius 3 is 2.81 bits per heavy atom. The Bertz CT molecular complexity index is 1120. The van der Waals surface area contributed by atoms with E-state index in [-0.39, 0.29) is 5.91 Å². The minimum Gasteiger partial charge on any atom is -0.379 e. The molecule has 1 aromatic carbocycles. The lowest BCUT2D eigenvalue weighted by Gasteiger charge is -2.25. The molecule has 7 nitrogen and oxygen atoms in total. The van der Waals surface area contributed by atoms with Crippen molar-refractivity contribution < 1.29 is 9.53 Å². The van der Waals surface area contributed by atoms with Gasteiger partial charge >= 0.3 is 0 Å². The summed E-state index contributed by atoms with van der Waals surface area (Å²) in [5, 5.41) is 10.8. The van der Waals surface area contributed by atoms with Crippen LogP contribution in [0.15, 0.2) is 35.7 Å². The van der Waals surface area contributed by atoms with Crippen molar-refractivity contribution in [2.75, 3.05) is 31.6 Å². The SMILES string of the molecule is Cc1nn(Cc2ccccc2Cl)c(C)c1/C=C/C(=O)Nc1nc(CN2CCOCC2)cs1. The number of nitrogens with zero attached hydrogens (tertiary/aromatic N) is 4. The normalized spacial score (nSPS) is 14.8. The smallest absolute Gasteiger partial charge is 0.250 e. The standard InChI is InChI=1S/C23H26ClN5O2S/c1-16-20(17(2)29(27-16)13-18-5-3-4-6-21(18)24)7-8-22(30)26-23-25-19(15-32-23)14-28-9-11-31-12-10-28/h3-8,15H,9-14H2,1-2H3,(H,25,26,30)/b8-7+. The van der Waals surface area contributed by atoms with Crippen LogP contribution in [0.3, 0.4) is 0 Å². The molecule has 1 aliphatic heterocycles. The van der Waals surface area contributed by atoms with E-state index in [1.165, 1.54) is 17.4 Å². The molecule has 1 N–H and O–H groups in total. The predicted molar refractivity (Wildman–Crippen MR) is 128 cm³/mol. The van der Waals surface area contributed by atoms with Crippen LogP contribution in [-0.2, 0) is 22.6 Å². The maximum absolute atomic E-state index is 12.4. The first-order valence-corrected chi connectivity index (χ1v) is 11.8. The van der Waals surface area contributed by atoms with Crippen LogP contribution in [0, 0.1) is 13.8 Å². The highest BCUT2D eigenvalue weighted by atomic mass is 35.5. The van der Waals surface area contributed by atoms with Crippen LogP contribution >= 0.6 is 22.9 Å². The van der Waals surface area contributed by atoms with Crippen molar-refractivity contribution in [1.29, 1.82) is 0 Å². The molecule has 0 atom stereocenters. The molecule has 0 radical (unpaired) electrons. The summed E-state index contributed by atoms with van der Waals surface area (Å²) < 4.78 is 7.29. The number of hydrogen-bond acceptors (Lipinski definition) is 6. The summed E-state index contributed by atoms with van der Waals surface area (Å²) in [6.07, 6.45) is 3.33. The maximum atomic E-state index is 12.4. The van der Waals surface area contributed by atoms with E-state index in [1.807, 2.05) is 48.2 Å². The van der Waals surface area contributed by atoms with Crippen molar-refractivity contribution in [1.82, 2.24) is 19.7 Å². The first-order valence-electron chi connectivity index (χ1n) is 10.5. The summed E-state index contributed by atoms with van der Waals surface area (Å²) in [6, 6.07) is 7.73. The lowest BCUT2D eigenvalue weighted by molar-refractivity contribution is -0.111. The molecule has 3 heterocycles. The van der Waals surface area contributed by atoms with Crippen LogP contribution in [0.1, 0.15) is 28.2 Å². The number of carbonyl (C=O) groups is 1. The molecule has 1 fully saturated rings. The fourth-order valence-corrected chi connectivity index (χ4v) is 4.53. The monoisotopic (exact) mass is 471 g/mol. The van der Waals surface area contributed by atoms with Gasteiger partial charge in [-0.1, -0.05) is 29.8 Å². The molecule has 1 saturated heterocycles. The number of hydrogen-bond donors (Lipinski definition) is 1. The summed E-state index contributed by atoms with van der Waals surface area (Å²) in [7, 11) is 0. The summed E-state index contributed by atoms with van der Waals surface area (Å²) in [6.45, 7) is 8.61. The molecule has 9 heteroatoms. The minimum atomic E-state index is -0.213. The van der Waals surface area contributed by atoms with Crippen molar-refractivity contribution in [2.24, 2.45) is 0 Å². The van der Waals surface area contributed by atoms with E-state index in [2.05, 4.69) is 20.3 Å². The zero-order valence-corrected chi connectivity index (χ0v) is 19.7. The average molecular weight is 472 g/mol. The van der Waals surface area contributed by atoms with Crippen LogP contribution in [0.4, 0.5) is 5.13 Å². The summed E-state index contributed by atoms with van der Waals surface area (Å²) in [5.41, 5.74) is 4.74. The largest absolute Gasteiger partial charge is 0.379 e. The van der Waals surface area contributed by atoms with E-state index >= 15 is 0 Å². The Hall–Kier alpha value is -2.52. The molecular formula is C23H26ClN5O2S. The van der Waals surface area contributed by atoms with Crippen molar-refractivity contribution in [3.63, 3.8) is 0 Å². The number of aromatic nitrogens is 3. The highest BCUT2D eigenvalue weighted by Gasteiger charge is 2.14. The fraction of sp³-hybridized carbons (Fsp3) is 0.348. The van der Waals surface area contributed by atoms with Gasteiger partial charge < -0.3 is 4.74 Å². The molecule has 0 unspecified atom stereocenters. The number of morpholine rings is 1. The summed E-state index contributed by atoms with van der Waals surface area (Å²) in [4.78, 5) is 19.3. The van der Waals surface area contributed by atoms with E-state index in [0.717, 1.165) is 61.1 Å². The van der Waals surface area contributed by atoms with Crippen LogP contribution in [0.5, 0.6) is 0 Å². The molecule has 0 bridgehead atoms. The third-order valence-electron chi connectivity index (χ3n) is 5.39. The molecule has 0 aliphatic carbocycles. The molecular weight excluding hydrogens is 446 g/mol. The van der Waals surface area contributed by atoms with E-state index in [1.54, 1.807) is 6.08 Å². The number of anilines is 1. The third kappa shape index (κ3) is 5.63. The second kappa shape index (κ2) is 10.4. The van der Waals surface area contributed by atoms with Crippen LogP contribution in [0.2, 0.25) is 5.02 Å². The van der Waals surface area contributed by atoms with Crippen LogP contribution in [0.25, 0.3) is 6.08 Å². The molecule has 3 aromatic rings. The molecule has 0 saturated carbocycles. The lowest BCUT2D eigenvalue weighted by Crippen LogP contribution is -2.35. The van der Waals surface area contributed by atoms with Gasteiger partial charge in [0.05, 0.1) is 31.1 Å². The third-order valence-corrected chi connectivity index (χ3v) is 6.56. The van der Waals surface area contributed by atoms with E-state index in [4.69, 9.17) is 16.3 Å². The summed E-state index contributed by atoms with van der Waals surface area (Å²) in [5.74, 6) is -0.213. The highest BCUT2D eigenvalue weighted by molar-refractivity contribution is 7.13. The first kappa shape index (κ1) is 22.7. The van der Waals surface area contributed by atoms with Gasteiger partial charge in [0.25, 0.3) is 0 Å². The number of halogens is 1. The first-order chi connectivity index (χ1) is 15.5. The topological polar surface area (TPSA) is 72.3 Å². The molecule has 0 spiro atoms. The maximum Gasteiger partial charge on any atom is 0.250 e. The number of ether oxygens (including phenoxy) is 1. The van der Waals surface area contributed by atoms with Crippen molar-refractivity contribution in [3.8, 4) is 0 Å². The molecule has 2 aromatic heterocycles.